The molecule has 35 heavy (non-hydrogen) atoms. The fourth-order valence-electron chi connectivity index (χ4n) is 4.06. The lowest BCUT2D eigenvalue weighted by Gasteiger charge is -2.17. The minimum atomic E-state index is -3.75. The maximum Gasteiger partial charge on any atom is 0.246 e. The van der Waals surface area contributed by atoms with Crippen molar-refractivity contribution in [2.45, 2.75) is 38.5 Å². The van der Waals surface area contributed by atoms with Gasteiger partial charge in [-0.2, -0.15) is 5.10 Å². The molecule has 0 fully saturated rings. The third-order valence-corrected chi connectivity index (χ3v) is 7.74. The van der Waals surface area contributed by atoms with Gasteiger partial charge in [0.2, 0.25) is 15.9 Å². The Bertz CT molecular complexity index is 1530. The van der Waals surface area contributed by atoms with E-state index in [1.165, 1.54) is 20.2 Å². The van der Waals surface area contributed by atoms with E-state index in [0.29, 0.717) is 18.7 Å². The lowest BCUT2D eigenvalue weighted by atomic mass is 10.1. The molecule has 1 amide bonds. The van der Waals surface area contributed by atoms with Crippen LogP contribution in [0.3, 0.4) is 0 Å². The monoisotopic (exact) mass is 495 g/mol. The van der Waals surface area contributed by atoms with Crippen molar-refractivity contribution in [1.82, 2.24) is 18.9 Å². The van der Waals surface area contributed by atoms with Gasteiger partial charge in [0.1, 0.15) is 10.6 Å². The molecule has 0 atom stereocenters. The first-order chi connectivity index (χ1) is 16.6. The van der Waals surface area contributed by atoms with E-state index in [-0.39, 0.29) is 23.0 Å². The van der Waals surface area contributed by atoms with Gasteiger partial charge in [-0.3, -0.25) is 4.79 Å². The Labute approximate surface area is 204 Å². The van der Waals surface area contributed by atoms with Crippen LogP contribution in [0.4, 0.5) is 5.69 Å². The van der Waals surface area contributed by atoms with Gasteiger partial charge in [0, 0.05) is 43.0 Å². The molecule has 9 nitrogen and oxygen atoms in total. The number of carbonyl (C=O) groups excluding carboxylic acids is 1. The average molecular weight is 496 g/mol. The standard InChI is InChI=1S/C25H29N5O4S/c1-6-34-22-13-11-18(15-23(22)35(32,33)29(4)5)27-24(31)14-12-19-16(2)26-25-20-9-7-8-10-21(20)28-30(25)17(19)3/h7-11,13,15H,6,12,14H2,1-5H3,(H,27,31). The summed E-state index contributed by atoms with van der Waals surface area (Å²) in [4.78, 5) is 17.5. The lowest BCUT2D eigenvalue weighted by Crippen LogP contribution is -2.23. The lowest BCUT2D eigenvalue weighted by molar-refractivity contribution is -0.116. The molecule has 0 radical (unpaired) electrons. The summed E-state index contributed by atoms with van der Waals surface area (Å²) < 4.78 is 33.9. The van der Waals surface area contributed by atoms with Gasteiger partial charge in [0.15, 0.2) is 5.65 Å². The van der Waals surface area contributed by atoms with Crippen LogP contribution in [0.2, 0.25) is 0 Å². The molecule has 0 aliphatic rings. The maximum absolute atomic E-state index is 12.8. The third kappa shape index (κ3) is 4.71. The molecule has 10 heteroatoms. The largest absolute Gasteiger partial charge is 0.492 e. The van der Waals surface area contributed by atoms with Crippen molar-refractivity contribution in [2.24, 2.45) is 0 Å². The zero-order valence-electron chi connectivity index (χ0n) is 20.5. The number of amides is 1. The predicted molar refractivity (Wildman–Crippen MR) is 135 cm³/mol. The number of carbonyl (C=O) groups is 1. The van der Waals surface area contributed by atoms with Crippen molar-refractivity contribution in [3.05, 3.63) is 59.4 Å². The van der Waals surface area contributed by atoms with Crippen LogP contribution in [0.15, 0.2) is 47.4 Å². The third-order valence-electron chi connectivity index (χ3n) is 5.91. The van der Waals surface area contributed by atoms with E-state index in [1.807, 2.05) is 42.6 Å². The normalized spacial score (nSPS) is 11.9. The number of fused-ring (bicyclic) bond motifs is 3. The van der Waals surface area contributed by atoms with Crippen LogP contribution in [-0.2, 0) is 21.2 Å². The second-order valence-corrected chi connectivity index (χ2v) is 10.6. The molecular formula is C25H29N5O4S. The predicted octanol–water partition coefficient (Wildman–Crippen LogP) is 3.72. The molecular weight excluding hydrogens is 466 g/mol. The molecule has 0 bridgehead atoms. The SMILES string of the molecule is CCOc1ccc(NC(=O)CCc2c(C)nc3c4ccccc4nn3c2C)cc1S(=O)(=O)N(C)C. The first-order valence-electron chi connectivity index (χ1n) is 11.4. The number of aryl methyl sites for hydroxylation is 2. The molecule has 4 rings (SSSR count). The molecule has 0 aliphatic carbocycles. The molecule has 2 aromatic carbocycles. The average Bonchev–Trinajstić information content (AvgIpc) is 3.18. The van der Waals surface area contributed by atoms with Crippen LogP contribution >= 0.6 is 0 Å². The van der Waals surface area contributed by atoms with E-state index in [1.54, 1.807) is 19.1 Å². The fraction of sp³-hybridized carbons (Fsp3) is 0.320. The van der Waals surface area contributed by atoms with Gasteiger partial charge < -0.3 is 10.1 Å². The molecule has 4 aromatic rings. The Balaban J connectivity index is 1.55. The number of nitrogens with zero attached hydrogens (tertiary/aromatic N) is 4. The van der Waals surface area contributed by atoms with Gasteiger partial charge in [0.05, 0.1) is 12.1 Å². The van der Waals surface area contributed by atoms with Crippen molar-refractivity contribution in [3.8, 4) is 5.75 Å². The Morgan fingerprint density at radius 2 is 1.89 bits per heavy atom. The van der Waals surface area contributed by atoms with Crippen LogP contribution in [0.5, 0.6) is 5.75 Å². The van der Waals surface area contributed by atoms with E-state index >= 15 is 0 Å². The van der Waals surface area contributed by atoms with Gasteiger partial charge >= 0.3 is 0 Å². The van der Waals surface area contributed by atoms with E-state index in [9.17, 15) is 13.2 Å². The molecule has 0 saturated carbocycles. The zero-order chi connectivity index (χ0) is 25.3. The van der Waals surface area contributed by atoms with E-state index in [4.69, 9.17) is 9.72 Å². The van der Waals surface area contributed by atoms with E-state index in [0.717, 1.165) is 37.8 Å². The van der Waals surface area contributed by atoms with Crippen molar-refractivity contribution >= 4 is 38.2 Å². The summed E-state index contributed by atoms with van der Waals surface area (Å²) in [6.07, 6.45) is 0.682. The van der Waals surface area contributed by atoms with Crippen molar-refractivity contribution < 1.29 is 17.9 Å². The highest BCUT2D eigenvalue weighted by Gasteiger charge is 2.23. The number of nitrogens with one attached hydrogen (secondary N) is 1. The summed E-state index contributed by atoms with van der Waals surface area (Å²) in [5.41, 5.74) is 4.82. The van der Waals surface area contributed by atoms with Crippen LogP contribution in [0.25, 0.3) is 16.6 Å². The topological polar surface area (TPSA) is 106 Å². The minimum Gasteiger partial charge on any atom is -0.492 e. The summed E-state index contributed by atoms with van der Waals surface area (Å²) in [7, 11) is -0.842. The zero-order valence-corrected chi connectivity index (χ0v) is 21.3. The fourth-order valence-corrected chi connectivity index (χ4v) is 5.11. The molecule has 184 valence electrons. The molecule has 2 aromatic heterocycles. The number of anilines is 1. The summed E-state index contributed by atoms with van der Waals surface area (Å²) in [6.45, 7) is 6.02. The first-order valence-corrected chi connectivity index (χ1v) is 12.8. The highest BCUT2D eigenvalue weighted by molar-refractivity contribution is 7.89. The number of benzene rings is 2. The number of rotatable bonds is 8. The summed E-state index contributed by atoms with van der Waals surface area (Å²) >= 11 is 0. The molecule has 0 spiro atoms. The quantitative estimate of drug-likeness (QED) is 0.399. The molecule has 0 aliphatic heterocycles. The minimum absolute atomic E-state index is 0.00855. The van der Waals surface area contributed by atoms with E-state index in [2.05, 4.69) is 10.4 Å². The highest BCUT2D eigenvalue weighted by Crippen LogP contribution is 2.29. The number of ether oxygens (including phenoxy) is 1. The summed E-state index contributed by atoms with van der Waals surface area (Å²) in [5, 5.41) is 8.46. The second kappa shape index (κ2) is 9.63. The number of hydrogen-bond acceptors (Lipinski definition) is 6. The Kier molecular flexibility index (Phi) is 6.77. The molecule has 2 heterocycles. The second-order valence-electron chi connectivity index (χ2n) is 8.44. The number of aromatic nitrogens is 3. The van der Waals surface area contributed by atoms with Gasteiger partial charge in [-0.05, 0) is 63.1 Å². The maximum atomic E-state index is 12.8. The van der Waals surface area contributed by atoms with Gasteiger partial charge in [-0.15, -0.1) is 0 Å². The van der Waals surface area contributed by atoms with Crippen molar-refractivity contribution in [2.75, 3.05) is 26.0 Å². The first kappa shape index (κ1) is 24.6. The van der Waals surface area contributed by atoms with Gasteiger partial charge in [0.25, 0.3) is 0 Å². The highest BCUT2D eigenvalue weighted by atomic mass is 32.2. The Morgan fingerprint density at radius 3 is 2.60 bits per heavy atom. The summed E-state index contributed by atoms with van der Waals surface area (Å²) in [6, 6.07) is 12.5. The smallest absolute Gasteiger partial charge is 0.246 e. The van der Waals surface area contributed by atoms with Crippen LogP contribution < -0.4 is 10.1 Å². The molecule has 1 N–H and O–H groups in total. The van der Waals surface area contributed by atoms with Crippen molar-refractivity contribution in [3.63, 3.8) is 0 Å². The van der Waals surface area contributed by atoms with Crippen LogP contribution in [0.1, 0.15) is 30.3 Å². The van der Waals surface area contributed by atoms with Crippen LogP contribution in [0, 0.1) is 13.8 Å². The number of sulfonamides is 1. The summed E-state index contributed by atoms with van der Waals surface area (Å²) in [5.74, 6) is 0.0170. The van der Waals surface area contributed by atoms with Crippen LogP contribution in [-0.4, -0.2) is 53.9 Å². The molecule has 0 unspecified atom stereocenters. The Morgan fingerprint density at radius 1 is 1.14 bits per heavy atom. The number of hydrogen-bond donors (Lipinski definition) is 1. The Hall–Kier alpha value is -3.50. The van der Waals surface area contributed by atoms with Gasteiger partial charge in [-0.25, -0.2) is 22.2 Å². The van der Waals surface area contributed by atoms with E-state index < -0.39 is 10.0 Å². The van der Waals surface area contributed by atoms with Crippen molar-refractivity contribution in [1.29, 1.82) is 0 Å². The molecule has 0 saturated heterocycles. The van der Waals surface area contributed by atoms with Gasteiger partial charge in [-0.1, -0.05) is 12.1 Å².